The number of aliphatic hydroxyl groups excluding tert-OH is 1. The second kappa shape index (κ2) is 9.74. The Kier molecular flexibility index (Phi) is 7.30. The molecule has 0 spiro atoms. The third-order valence-corrected chi connectivity index (χ3v) is 10.4. The average Bonchev–Trinajstić information content (AvgIpc) is 2.75. The zero-order valence-corrected chi connectivity index (χ0v) is 18.8. The fourth-order valence-corrected chi connectivity index (χ4v) is 8.53. The first-order valence-corrected chi connectivity index (χ1v) is 12.1. The van der Waals surface area contributed by atoms with Crippen molar-refractivity contribution >= 4 is 18.7 Å². The van der Waals surface area contributed by atoms with E-state index in [1.165, 1.54) is 10.4 Å². The van der Waals surface area contributed by atoms with Gasteiger partial charge in [0.2, 0.25) is 0 Å². The van der Waals surface area contributed by atoms with Crippen LogP contribution in [-0.4, -0.2) is 45.1 Å². The molecule has 1 heterocycles. The van der Waals surface area contributed by atoms with Gasteiger partial charge < -0.3 is 19.0 Å². The van der Waals surface area contributed by atoms with Crippen molar-refractivity contribution in [1.82, 2.24) is 0 Å². The van der Waals surface area contributed by atoms with E-state index in [4.69, 9.17) is 20.3 Å². The summed E-state index contributed by atoms with van der Waals surface area (Å²) in [6, 6.07) is 20.8. The highest BCUT2D eigenvalue weighted by Crippen LogP contribution is 2.37. The number of ether oxygens (including phenoxy) is 2. The minimum absolute atomic E-state index is 0.146. The number of rotatable bonds is 7. The summed E-state index contributed by atoms with van der Waals surface area (Å²) in [6.07, 6.45) is 6.75. The molecule has 4 nitrogen and oxygen atoms in total. The highest BCUT2D eigenvalue weighted by atomic mass is 28.4. The summed E-state index contributed by atoms with van der Waals surface area (Å²) >= 11 is 0. The van der Waals surface area contributed by atoms with E-state index >= 15 is 0 Å². The molecule has 5 heteroatoms. The van der Waals surface area contributed by atoms with Crippen LogP contribution in [0.1, 0.15) is 20.8 Å². The van der Waals surface area contributed by atoms with Gasteiger partial charge in [0.15, 0.2) is 6.29 Å². The number of terminal acetylenes is 1. The van der Waals surface area contributed by atoms with E-state index in [0.29, 0.717) is 0 Å². The SMILES string of the molecule is C#CCO[C@@H]1C=C[C@H](O)[C@@H](CO[Si](c2ccccc2)(c2ccccc2)C(C)(C)C)O1. The lowest BCUT2D eigenvalue weighted by atomic mass is 10.1. The van der Waals surface area contributed by atoms with Crippen LogP contribution in [0.5, 0.6) is 0 Å². The maximum absolute atomic E-state index is 10.5. The Morgan fingerprint density at radius 2 is 1.57 bits per heavy atom. The highest BCUT2D eigenvalue weighted by molar-refractivity contribution is 6.99. The molecule has 2 aromatic carbocycles. The smallest absolute Gasteiger partial charge is 0.261 e. The molecule has 1 N–H and O–H groups in total. The second-order valence-electron chi connectivity index (χ2n) is 8.41. The van der Waals surface area contributed by atoms with E-state index in [0.717, 1.165) is 0 Å². The fraction of sp³-hybridized carbons (Fsp3) is 0.360. The van der Waals surface area contributed by atoms with E-state index in [2.05, 4.69) is 51.0 Å². The molecule has 1 aliphatic rings. The summed E-state index contributed by atoms with van der Waals surface area (Å²) in [4.78, 5) is 0. The van der Waals surface area contributed by atoms with Gasteiger partial charge in [-0.1, -0.05) is 93.4 Å². The quantitative estimate of drug-likeness (QED) is 0.424. The summed E-state index contributed by atoms with van der Waals surface area (Å²) in [7, 11) is -2.70. The monoisotopic (exact) mass is 422 g/mol. The molecule has 0 unspecified atom stereocenters. The van der Waals surface area contributed by atoms with Gasteiger partial charge in [-0.05, 0) is 21.5 Å². The van der Waals surface area contributed by atoms with Gasteiger partial charge in [0, 0.05) is 0 Å². The van der Waals surface area contributed by atoms with Crippen molar-refractivity contribution < 1.29 is 19.0 Å². The van der Waals surface area contributed by atoms with Crippen LogP contribution in [0.25, 0.3) is 0 Å². The third kappa shape index (κ3) is 4.75. The summed E-state index contributed by atoms with van der Waals surface area (Å²) in [5.74, 6) is 2.44. The molecule has 0 aromatic heterocycles. The minimum atomic E-state index is -2.70. The van der Waals surface area contributed by atoms with Gasteiger partial charge in [-0.25, -0.2) is 0 Å². The van der Waals surface area contributed by atoms with Crippen molar-refractivity contribution in [3.63, 3.8) is 0 Å². The van der Waals surface area contributed by atoms with E-state index in [9.17, 15) is 5.11 Å². The van der Waals surface area contributed by atoms with Gasteiger partial charge in [-0.3, -0.25) is 0 Å². The van der Waals surface area contributed by atoms with Crippen LogP contribution in [0.2, 0.25) is 5.04 Å². The first-order chi connectivity index (χ1) is 14.4. The fourth-order valence-electron chi connectivity index (χ4n) is 3.96. The van der Waals surface area contributed by atoms with Crippen LogP contribution >= 0.6 is 0 Å². The van der Waals surface area contributed by atoms with Crippen molar-refractivity contribution in [3.05, 3.63) is 72.8 Å². The maximum Gasteiger partial charge on any atom is 0.261 e. The van der Waals surface area contributed by atoms with Crippen LogP contribution in [0.4, 0.5) is 0 Å². The Morgan fingerprint density at radius 1 is 1.00 bits per heavy atom. The molecule has 0 saturated heterocycles. The van der Waals surface area contributed by atoms with Crippen molar-refractivity contribution in [2.24, 2.45) is 0 Å². The largest absolute Gasteiger partial charge is 0.405 e. The standard InChI is InChI=1S/C25H30O4Si/c1-5-18-27-24-17-16-22(26)23(29-24)19-28-30(25(2,3)4,20-12-8-6-9-13-20)21-14-10-7-11-15-21/h1,6-17,22-24,26H,18-19H2,2-4H3/t22-,23+,24-/m0/s1. The predicted molar refractivity (Wildman–Crippen MR) is 122 cm³/mol. The lowest BCUT2D eigenvalue weighted by Gasteiger charge is -2.44. The topological polar surface area (TPSA) is 47.9 Å². The Hall–Kier alpha value is -2.20. The molecule has 30 heavy (non-hydrogen) atoms. The molecule has 1 aliphatic heterocycles. The van der Waals surface area contributed by atoms with Crippen LogP contribution in [0.3, 0.4) is 0 Å². The molecule has 0 bridgehead atoms. The van der Waals surface area contributed by atoms with Crippen molar-refractivity contribution in [3.8, 4) is 12.3 Å². The van der Waals surface area contributed by atoms with Gasteiger partial charge in [0.1, 0.15) is 18.8 Å². The van der Waals surface area contributed by atoms with Gasteiger partial charge in [-0.2, -0.15) is 0 Å². The van der Waals surface area contributed by atoms with Crippen molar-refractivity contribution in [2.75, 3.05) is 13.2 Å². The van der Waals surface area contributed by atoms with Crippen LogP contribution in [-0.2, 0) is 13.9 Å². The Balaban J connectivity index is 1.94. The Morgan fingerprint density at radius 3 is 2.07 bits per heavy atom. The Bertz CT molecular complexity index is 828. The van der Waals surface area contributed by atoms with Gasteiger partial charge in [0.25, 0.3) is 8.32 Å². The van der Waals surface area contributed by atoms with Crippen molar-refractivity contribution in [2.45, 2.75) is 44.3 Å². The van der Waals surface area contributed by atoms with Crippen LogP contribution < -0.4 is 10.4 Å². The van der Waals surface area contributed by atoms with E-state index in [1.54, 1.807) is 12.2 Å². The Labute approximate surface area is 180 Å². The molecule has 0 saturated carbocycles. The van der Waals surface area contributed by atoms with Gasteiger partial charge >= 0.3 is 0 Å². The van der Waals surface area contributed by atoms with E-state index in [1.807, 2.05) is 36.4 Å². The molecule has 0 radical (unpaired) electrons. The molecular weight excluding hydrogens is 392 g/mol. The van der Waals surface area contributed by atoms with E-state index in [-0.39, 0.29) is 18.3 Å². The first-order valence-electron chi connectivity index (χ1n) is 10.2. The maximum atomic E-state index is 10.5. The zero-order valence-electron chi connectivity index (χ0n) is 17.8. The molecule has 158 valence electrons. The van der Waals surface area contributed by atoms with Crippen LogP contribution in [0.15, 0.2) is 72.8 Å². The number of aliphatic hydroxyl groups is 1. The van der Waals surface area contributed by atoms with Crippen LogP contribution in [0, 0.1) is 12.3 Å². The normalized spacial score (nSPS) is 21.9. The third-order valence-electron chi connectivity index (χ3n) is 5.37. The zero-order chi connectivity index (χ0) is 21.6. The highest BCUT2D eigenvalue weighted by Gasteiger charge is 2.50. The molecule has 3 atom stereocenters. The molecule has 0 aliphatic carbocycles. The van der Waals surface area contributed by atoms with Gasteiger partial charge in [-0.15, -0.1) is 6.42 Å². The lowest BCUT2D eigenvalue weighted by Crippen LogP contribution is -2.67. The first kappa shape index (κ1) is 22.5. The number of benzene rings is 2. The summed E-state index contributed by atoms with van der Waals surface area (Å²) < 4.78 is 18.3. The van der Waals surface area contributed by atoms with Gasteiger partial charge in [0.05, 0.1) is 6.61 Å². The molecule has 2 aromatic rings. The molecule has 0 fully saturated rings. The molecular formula is C25H30O4Si. The lowest BCUT2D eigenvalue weighted by molar-refractivity contribution is -0.172. The minimum Gasteiger partial charge on any atom is -0.405 e. The van der Waals surface area contributed by atoms with E-state index < -0.39 is 26.8 Å². The second-order valence-corrected chi connectivity index (χ2v) is 12.7. The van der Waals surface area contributed by atoms with Crippen molar-refractivity contribution in [1.29, 1.82) is 0 Å². The predicted octanol–water partition coefficient (Wildman–Crippen LogP) is 2.85. The summed E-state index contributed by atoms with van der Waals surface area (Å²) in [6.45, 7) is 7.05. The number of hydrogen-bond acceptors (Lipinski definition) is 4. The molecule has 0 amide bonds. The summed E-state index contributed by atoms with van der Waals surface area (Å²) in [5, 5.41) is 12.7. The molecule has 3 rings (SSSR count). The number of hydrogen-bond donors (Lipinski definition) is 1. The average molecular weight is 423 g/mol. The summed E-state index contributed by atoms with van der Waals surface area (Å²) in [5.41, 5.74) is 0.